The van der Waals surface area contributed by atoms with Crippen LogP contribution in [0.1, 0.15) is 17.0 Å². The van der Waals surface area contributed by atoms with Crippen molar-refractivity contribution >= 4 is 11.6 Å². The summed E-state index contributed by atoms with van der Waals surface area (Å²) in [4.78, 5) is 11.4. The van der Waals surface area contributed by atoms with Gasteiger partial charge in [-0.05, 0) is 37.1 Å². The van der Waals surface area contributed by atoms with Gasteiger partial charge in [-0.1, -0.05) is 0 Å². The first-order valence-corrected chi connectivity index (χ1v) is 7.41. The Balaban J connectivity index is 1.94. The van der Waals surface area contributed by atoms with Crippen molar-refractivity contribution in [2.45, 2.75) is 19.3 Å². The zero-order valence-electron chi connectivity index (χ0n) is 12.4. The summed E-state index contributed by atoms with van der Waals surface area (Å²) >= 11 is 0. The predicted octanol–water partition coefficient (Wildman–Crippen LogP) is 0.971. The van der Waals surface area contributed by atoms with Crippen molar-refractivity contribution in [2.24, 2.45) is 5.73 Å². The van der Waals surface area contributed by atoms with Crippen LogP contribution in [-0.4, -0.2) is 25.9 Å². The lowest BCUT2D eigenvalue weighted by Gasteiger charge is -2.14. The molecular weight excluding hydrogens is 292 g/mol. The van der Waals surface area contributed by atoms with Gasteiger partial charge in [-0.2, -0.15) is 10.2 Å². The maximum Gasteiger partial charge on any atom is 0.223 e. The van der Waals surface area contributed by atoms with Crippen molar-refractivity contribution in [1.82, 2.24) is 20.0 Å². The second-order valence-electron chi connectivity index (χ2n) is 5.68. The Morgan fingerprint density at radius 1 is 1.26 bits per heavy atom. The number of nitrogens with one attached hydrogen (secondary N) is 1. The highest BCUT2D eigenvalue weighted by Gasteiger charge is 2.27. The molecule has 1 amide bonds. The van der Waals surface area contributed by atoms with Crippen LogP contribution in [0.15, 0.2) is 30.5 Å². The maximum absolute atomic E-state index is 11.4. The van der Waals surface area contributed by atoms with E-state index < -0.39 is 0 Å². The number of primary amides is 1. The van der Waals surface area contributed by atoms with Gasteiger partial charge < -0.3 is 11.5 Å². The standard InChI is InChI=1S/C16H16N6O/c17-9-1-3-10(4-2-9)22-16-11(14(21-22)7-15(18)23)5-6-13-12(16)8-19-20-13/h1-4,8H,5-7,17H2,(H2,18,23)(H,19,20). The second-order valence-corrected chi connectivity index (χ2v) is 5.68. The van der Waals surface area contributed by atoms with Crippen LogP contribution in [0, 0.1) is 0 Å². The van der Waals surface area contributed by atoms with Gasteiger partial charge in [-0.15, -0.1) is 0 Å². The molecule has 5 N–H and O–H groups in total. The highest BCUT2D eigenvalue weighted by atomic mass is 16.1. The molecule has 4 rings (SSSR count). The number of nitrogens with two attached hydrogens (primary N) is 2. The third-order valence-corrected chi connectivity index (χ3v) is 4.14. The van der Waals surface area contributed by atoms with Crippen LogP contribution in [0.2, 0.25) is 0 Å². The molecule has 1 aliphatic rings. The van der Waals surface area contributed by atoms with Gasteiger partial charge >= 0.3 is 0 Å². The molecule has 0 spiro atoms. The Morgan fingerprint density at radius 2 is 2.04 bits per heavy atom. The lowest BCUT2D eigenvalue weighted by atomic mass is 9.93. The first-order chi connectivity index (χ1) is 11.1. The van der Waals surface area contributed by atoms with E-state index in [4.69, 9.17) is 11.5 Å². The van der Waals surface area contributed by atoms with Crippen molar-refractivity contribution in [3.8, 4) is 16.9 Å². The van der Waals surface area contributed by atoms with Crippen LogP contribution in [-0.2, 0) is 24.1 Å². The summed E-state index contributed by atoms with van der Waals surface area (Å²) in [7, 11) is 0. The Morgan fingerprint density at radius 3 is 2.78 bits per heavy atom. The number of anilines is 1. The van der Waals surface area contributed by atoms with E-state index in [1.54, 1.807) is 6.20 Å². The average Bonchev–Trinajstić information content (AvgIpc) is 3.12. The summed E-state index contributed by atoms with van der Waals surface area (Å²) in [5.74, 6) is -0.382. The largest absolute Gasteiger partial charge is 0.399 e. The number of aromatic nitrogens is 4. The van der Waals surface area contributed by atoms with Crippen LogP contribution in [0.4, 0.5) is 5.69 Å². The summed E-state index contributed by atoms with van der Waals surface area (Å²) in [6, 6.07) is 7.47. The quantitative estimate of drug-likeness (QED) is 0.625. The van der Waals surface area contributed by atoms with E-state index in [1.807, 2.05) is 28.9 Å². The number of fused-ring (bicyclic) bond motifs is 3. The maximum atomic E-state index is 11.4. The molecule has 0 fully saturated rings. The molecule has 7 heteroatoms. The molecule has 0 saturated heterocycles. The van der Waals surface area contributed by atoms with Gasteiger partial charge in [0.1, 0.15) is 0 Å². The number of hydrogen-bond acceptors (Lipinski definition) is 4. The Kier molecular flexibility index (Phi) is 2.94. The number of nitrogens with zero attached hydrogens (tertiary/aromatic N) is 3. The molecule has 116 valence electrons. The van der Waals surface area contributed by atoms with Crippen molar-refractivity contribution in [2.75, 3.05) is 5.73 Å². The number of hydrogen-bond donors (Lipinski definition) is 3. The number of amides is 1. The fourth-order valence-electron chi connectivity index (χ4n) is 3.10. The monoisotopic (exact) mass is 308 g/mol. The van der Waals surface area contributed by atoms with Gasteiger partial charge in [0.15, 0.2) is 0 Å². The highest BCUT2D eigenvalue weighted by Crippen LogP contribution is 2.36. The Labute approximate surface area is 132 Å². The minimum atomic E-state index is -0.382. The van der Waals surface area contributed by atoms with Crippen molar-refractivity contribution in [1.29, 1.82) is 0 Å². The summed E-state index contributed by atoms with van der Waals surface area (Å²) < 4.78 is 1.85. The second kappa shape index (κ2) is 4.98. The summed E-state index contributed by atoms with van der Waals surface area (Å²) in [6.45, 7) is 0. The molecule has 0 bridgehead atoms. The molecule has 1 aromatic carbocycles. The molecule has 0 saturated carbocycles. The average molecular weight is 308 g/mol. The number of aromatic amines is 1. The third-order valence-electron chi connectivity index (χ3n) is 4.14. The first kappa shape index (κ1) is 13.6. The van der Waals surface area contributed by atoms with E-state index in [0.29, 0.717) is 5.69 Å². The van der Waals surface area contributed by atoms with Gasteiger partial charge in [0.05, 0.1) is 29.7 Å². The van der Waals surface area contributed by atoms with Gasteiger partial charge in [0.2, 0.25) is 5.91 Å². The molecule has 0 atom stereocenters. The normalized spacial score (nSPS) is 12.7. The van der Waals surface area contributed by atoms with Crippen molar-refractivity contribution in [3.63, 3.8) is 0 Å². The van der Waals surface area contributed by atoms with Crippen LogP contribution in [0.25, 0.3) is 16.9 Å². The van der Waals surface area contributed by atoms with E-state index in [9.17, 15) is 4.79 Å². The summed E-state index contributed by atoms with van der Waals surface area (Å²) in [5, 5.41) is 11.8. The van der Waals surface area contributed by atoms with E-state index in [-0.39, 0.29) is 12.3 Å². The number of carbonyl (C=O) groups is 1. The molecule has 1 aliphatic carbocycles. The minimum absolute atomic E-state index is 0.136. The van der Waals surface area contributed by atoms with Crippen LogP contribution in [0.5, 0.6) is 0 Å². The predicted molar refractivity (Wildman–Crippen MR) is 85.9 cm³/mol. The molecule has 0 unspecified atom stereocenters. The van der Waals surface area contributed by atoms with Gasteiger partial charge in [0.25, 0.3) is 0 Å². The first-order valence-electron chi connectivity index (χ1n) is 7.41. The van der Waals surface area contributed by atoms with Crippen molar-refractivity contribution in [3.05, 3.63) is 47.4 Å². The van der Waals surface area contributed by atoms with Crippen molar-refractivity contribution < 1.29 is 4.79 Å². The van der Waals surface area contributed by atoms with Crippen LogP contribution in [0.3, 0.4) is 0 Å². The molecule has 23 heavy (non-hydrogen) atoms. The SMILES string of the molecule is NC(=O)Cc1nn(-c2ccc(N)cc2)c2c1CCc1[nH]ncc1-2. The number of carbonyl (C=O) groups excluding carboxylic acids is 1. The minimum Gasteiger partial charge on any atom is -0.399 e. The molecule has 7 nitrogen and oxygen atoms in total. The molecule has 2 aromatic heterocycles. The molecular formula is C16H16N6O. The lowest BCUT2D eigenvalue weighted by Crippen LogP contribution is -2.15. The van der Waals surface area contributed by atoms with Crippen LogP contribution < -0.4 is 11.5 Å². The number of rotatable bonds is 3. The van der Waals surface area contributed by atoms with Crippen LogP contribution >= 0.6 is 0 Å². The number of nitrogen functional groups attached to an aromatic ring is 1. The number of benzene rings is 1. The molecule has 0 aliphatic heterocycles. The zero-order valence-corrected chi connectivity index (χ0v) is 12.4. The van der Waals surface area contributed by atoms with Gasteiger partial charge in [-0.3, -0.25) is 9.89 Å². The Bertz CT molecular complexity index is 890. The third kappa shape index (κ3) is 2.17. The van der Waals surface area contributed by atoms with Gasteiger partial charge in [-0.25, -0.2) is 4.68 Å². The number of H-pyrrole nitrogens is 1. The van der Waals surface area contributed by atoms with E-state index in [1.165, 1.54) is 0 Å². The smallest absolute Gasteiger partial charge is 0.223 e. The van der Waals surface area contributed by atoms with E-state index in [2.05, 4.69) is 15.3 Å². The van der Waals surface area contributed by atoms with Gasteiger partial charge in [0, 0.05) is 22.5 Å². The summed E-state index contributed by atoms with van der Waals surface area (Å²) in [5.41, 5.74) is 17.6. The van der Waals surface area contributed by atoms with E-state index >= 15 is 0 Å². The highest BCUT2D eigenvalue weighted by molar-refractivity contribution is 5.79. The summed E-state index contributed by atoms with van der Waals surface area (Å²) in [6.07, 6.45) is 3.60. The fourth-order valence-corrected chi connectivity index (χ4v) is 3.10. The fraction of sp³-hybridized carbons (Fsp3) is 0.188. The number of aryl methyl sites for hydroxylation is 1. The lowest BCUT2D eigenvalue weighted by molar-refractivity contribution is -0.117. The van der Waals surface area contributed by atoms with E-state index in [0.717, 1.165) is 46.7 Å². The topological polar surface area (TPSA) is 116 Å². The molecule has 0 radical (unpaired) electrons. The molecule has 3 aromatic rings. The Hall–Kier alpha value is -3.09. The molecule has 2 heterocycles. The zero-order chi connectivity index (χ0) is 16.0.